The molecule has 2 aromatic heterocycles. The number of para-hydroxylation sites is 2. The van der Waals surface area contributed by atoms with Crippen LogP contribution in [0.15, 0.2) is 161 Å². The summed E-state index contributed by atoms with van der Waals surface area (Å²) in [5, 5.41) is 8.34. The Balaban J connectivity index is 1.26. The van der Waals surface area contributed by atoms with E-state index in [2.05, 4.69) is 137 Å². The summed E-state index contributed by atoms with van der Waals surface area (Å²) in [5.41, 5.74) is 10.6. The topological polar surface area (TPSA) is 42.5 Å². The van der Waals surface area contributed by atoms with E-state index in [-0.39, 0.29) is 6.17 Å². The van der Waals surface area contributed by atoms with Gasteiger partial charge in [0.1, 0.15) is 17.3 Å². The van der Waals surface area contributed by atoms with Crippen LogP contribution in [0.25, 0.3) is 55.1 Å². The van der Waals surface area contributed by atoms with Crippen molar-refractivity contribution in [2.45, 2.75) is 6.17 Å². The average molecular weight is 566 g/mol. The summed E-state index contributed by atoms with van der Waals surface area (Å²) >= 11 is 0. The molecule has 0 aliphatic carbocycles. The number of aliphatic imine (C=N–C) groups is 1. The molecule has 1 atom stereocenters. The van der Waals surface area contributed by atoms with Gasteiger partial charge in [0.05, 0.1) is 16.7 Å². The Bertz CT molecular complexity index is 2410. The Labute approximate surface area is 254 Å². The number of allylic oxidation sites excluding steroid dienone is 1. The fourth-order valence-corrected chi connectivity index (χ4v) is 6.53. The summed E-state index contributed by atoms with van der Waals surface area (Å²) in [6, 6.07) is 51.0. The lowest BCUT2D eigenvalue weighted by Gasteiger charge is -2.25. The molecule has 6 aromatic carbocycles. The highest BCUT2D eigenvalue weighted by atomic mass is 16.3. The van der Waals surface area contributed by atoms with E-state index in [4.69, 9.17) is 9.41 Å². The predicted molar refractivity (Wildman–Crippen MR) is 181 cm³/mol. The van der Waals surface area contributed by atoms with Crippen LogP contribution in [0.3, 0.4) is 0 Å². The normalized spacial score (nSPS) is 15.0. The number of hydrogen-bond acceptors (Lipinski definition) is 3. The van der Waals surface area contributed by atoms with Crippen LogP contribution in [-0.4, -0.2) is 10.3 Å². The maximum absolute atomic E-state index is 6.15. The molecule has 44 heavy (non-hydrogen) atoms. The molecule has 0 saturated heterocycles. The lowest BCUT2D eigenvalue weighted by Crippen LogP contribution is -2.24. The number of rotatable bonds is 4. The molecule has 0 bridgehead atoms. The maximum Gasteiger partial charge on any atom is 0.145 e. The Kier molecular flexibility index (Phi) is 5.53. The molecular formula is C40H27N3O. The Morgan fingerprint density at radius 2 is 1.25 bits per heavy atom. The third kappa shape index (κ3) is 3.96. The molecule has 1 N–H and O–H groups in total. The highest BCUT2D eigenvalue weighted by Crippen LogP contribution is 2.36. The van der Waals surface area contributed by atoms with Crippen molar-refractivity contribution in [3.05, 3.63) is 168 Å². The molecule has 4 heteroatoms. The minimum Gasteiger partial charge on any atom is -0.456 e. The van der Waals surface area contributed by atoms with Gasteiger partial charge in [0, 0.05) is 38.5 Å². The zero-order valence-corrected chi connectivity index (χ0v) is 23.8. The Morgan fingerprint density at radius 1 is 0.545 bits per heavy atom. The first-order valence-corrected chi connectivity index (χ1v) is 14.9. The van der Waals surface area contributed by atoms with Crippen LogP contribution in [0.4, 0.5) is 0 Å². The highest BCUT2D eigenvalue weighted by Gasteiger charge is 2.21. The summed E-state index contributed by atoms with van der Waals surface area (Å²) < 4.78 is 8.52. The summed E-state index contributed by atoms with van der Waals surface area (Å²) in [6.45, 7) is 0. The van der Waals surface area contributed by atoms with Crippen molar-refractivity contribution in [1.82, 2.24) is 9.88 Å². The molecule has 1 aliphatic rings. The van der Waals surface area contributed by atoms with Crippen LogP contribution in [0.2, 0.25) is 0 Å². The Morgan fingerprint density at radius 3 is 2.11 bits per heavy atom. The number of nitrogens with one attached hydrogen (secondary N) is 1. The second-order valence-corrected chi connectivity index (χ2v) is 11.3. The standard InChI is InChI=1S/C40H27N3O/c1-3-11-26(12-4-1)34-25-35(42-40(41-34)27-13-5-2-6-14-27)28-19-21-31-30-15-7-9-17-36(30)43(37(31)23-28)29-20-22-39-33(24-29)32-16-8-10-18-38(32)44-39/h1-25,40-41H. The quantitative estimate of drug-likeness (QED) is 0.231. The summed E-state index contributed by atoms with van der Waals surface area (Å²) in [6.07, 6.45) is 1.98. The van der Waals surface area contributed by atoms with Gasteiger partial charge in [0.2, 0.25) is 0 Å². The summed E-state index contributed by atoms with van der Waals surface area (Å²) in [5.74, 6) is 0. The molecule has 9 rings (SSSR count). The van der Waals surface area contributed by atoms with E-state index in [0.717, 1.165) is 61.2 Å². The zero-order chi connectivity index (χ0) is 29.0. The third-order valence-electron chi connectivity index (χ3n) is 8.63. The van der Waals surface area contributed by atoms with E-state index in [1.54, 1.807) is 0 Å². The van der Waals surface area contributed by atoms with Gasteiger partial charge in [-0.05, 0) is 53.6 Å². The molecule has 1 unspecified atom stereocenters. The number of furan rings is 1. The van der Waals surface area contributed by atoms with E-state index < -0.39 is 0 Å². The van der Waals surface area contributed by atoms with E-state index in [1.807, 2.05) is 24.3 Å². The van der Waals surface area contributed by atoms with Gasteiger partial charge in [-0.15, -0.1) is 0 Å². The lowest BCUT2D eigenvalue weighted by molar-refractivity contribution is 0.664. The van der Waals surface area contributed by atoms with Crippen LogP contribution in [0.5, 0.6) is 0 Å². The fourth-order valence-electron chi connectivity index (χ4n) is 6.53. The van der Waals surface area contributed by atoms with Gasteiger partial charge in [0.15, 0.2) is 0 Å². The molecule has 1 aliphatic heterocycles. The first kappa shape index (κ1) is 24.7. The van der Waals surface area contributed by atoms with Crippen molar-refractivity contribution in [1.29, 1.82) is 0 Å². The molecule has 0 spiro atoms. The van der Waals surface area contributed by atoms with Gasteiger partial charge in [-0.3, -0.25) is 4.99 Å². The average Bonchev–Trinajstić information content (AvgIpc) is 3.64. The molecular weight excluding hydrogens is 538 g/mol. The van der Waals surface area contributed by atoms with Crippen LogP contribution >= 0.6 is 0 Å². The van der Waals surface area contributed by atoms with Gasteiger partial charge < -0.3 is 14.3 Å². The third-order valence-corrected chi connectivity index (χ3v) is 8.63. The van der Waals surface area contributed by atoms with Gasteiger partial charge >= 0.3 is 0 Å². The van der Waals surface area contributed by atoms with E-state index in [1.165, 1.54) is 16.3 Å². The van der Waals surface area contributed by atoms with E-state index in [0.29, 0.717) is 0 Å². The molecule has 208 valence electrons. The van der Waals surface area contributed by atoms with Crippen molar-refractivity contribution < 1.29 is 4.42 Å². The van der Waals surface area contributed by atoms with Crippen LogP contribution < -0.4 is 5.32 Å². The van der Waals surface area contributed by atoms with Crippen LogP contribution in [0, 0.1) is 0 Å². The number of hydrogen-bond donors (Lipinski definition) is 1. The molecule has 0 radical (unpaired) electrons. The van der Waals surface area contributed by atoms with Gasteiger partial charge in [0.25, 0.3) is 0 Å². The largest absolute Gasteiger partial charge is 0.456 e. The molecule has 0 amide bonds. The minimum absolute atomic E-state index is 0.190. The van der Waals surface area contributed by atoms with Crippen LogP contribution in [0.1, 0.15) is 22.9 Å². The van der Waals surface area contributed by atoms with Crippen molar-refractivity contribution in [2.24, 2.45) is 4.99 Å². The fraction of sp³-hybridized carbons (Fsp3) is 0.0250. The predicted octanol–water partition coefficient (Wildman–Crippen LogP) is 9.82. The molecule has 3 heterocycles. The van der Waals surface area contributed by atoms with Gasteiger partial charge in [-0.1, -0.05) is 109 Å². The highest BCUT2D eigenvalue weighted by molar-refractivity contribution is 6.17. The minimum atomic E-state index is -0.190. The first-order valence-electron chi connectivity index (χ1n) is 14.9. The summed E-state index contributed by atoms with van der Waals surface area (Å²) in [7, 11) is 0. The smallest absolute Gasteiger partial charge is 0.145 e. The molecule has 0 fully saturated rings. The van der Waals surface area contributed by atoms with E-state index >= 15 is 0 Å². The number of fused-ring (bicyclic) bond motifs is 6. The first-order chi connectivity index (χ1) is 21.8. The van der Waals surface area contributed by atoms with E-state index in [9.17, 15) is 0 Å². The summed E-state index contributed by atoms with van der Waals surface area (Å²) in [4.78, 5) is 5.24. The van der Waals surface area contributed by atoms with Gasteiger partial charge in [-0.2, -0.15) is 0 Å². The molecule has 4 nitrogen and oxygen atoms in total. The van der Waals surface area contributed by atoms with Crippen molar-refractivity contribution in [3.8, 4) is 5.69 Å². The van der Waals surface area contributed by atoms with Crippen molar-refractivity contribution in [3.63, 3.8) is 0 Å². The second-order valence-electron chi connectivity index (χ2n) is 11.3. The second kappa shape index (κ2) is 9.85. The monoisotopic (exact) mass is 565 g/mol. The van der Waals surface area contributed by atoms with Crippen LogP contribution in [-0.2, 0) is 0 Å². The van der Waals surface area contributed by atoms with Crippen molar-refractivity contribution >= 4 is 55.2 Å². The number of aromatic nitrogens is 1. The SMILES string of the molecule is C1=C(c2ccccc2)NC(c2ccccc2)N=C1c1ccc2c3ccccc3n(-c3ccc4oc5ccccc5c4c3)c2c1. The van der Waals surface area contributed by atoms with Crippen molar-refractivity contribution in [2.75, 3.05) is 0 Å². The van der Waals surface area contributed by atoms with Gasteiger partial charge in [-0.25, -0.2) is 0 Å². The maximum atomic E-state index is 6.15. The molecule has 0 saturated carbocycles. The Hall–Kier alpha value is -5.87. The molecule has 8 aromatic rings. The lowest BCUT2D eigenvalue weighted by atomic mass is 10.0. The zero-order valence-electron chi connectivity index (χ0n) is 23.8. The number of nitrogens with zero attached hydrogens (tertiary/aromatic N) is 2. The number of benzene rings is 6.